The van der Waals surface area contributed by atoms with E-state index in [2.05, 4.69) is 39.2 Å². The molecule has 1 saturated heterocycles. The van der Waals surface area contributed by atoms with Gasteiger partial charge in [-0.3, -0.25) is 4.99 Å². The predicted molar refractivity (Wildman–Crippen MR) is 114 cm³/mol. The molecule has 3 rings (SSSR count). The molecule has 0 amide bonds. The van der Waals surface area contributed by atoms with Gasteiger partial charge in [0.1, 0.15) is 12.2 Å². The van der Waals surface area contributed by atoms with Crippen molar-refractivity contribution < 1.29 is 4.74 Å². The Morgan fingerprint density at radius 2 is 2.15 bits per heavy atom. The number of hydrogen-bond donors (Lipinski definition) is 2. The maximum atomic E-state index is 5.81. The first-order chi connectivity index (χ1) is 12.3. The lowest BCUT2D eigenvalue weighted by Gasteiger charge is -2.24. The summed E-state index contributed by atoms with van der Waals surface area (Å²) < 4.78 is 7.90. The van der Waals surface area contributed by atoms with Crippen molar-refractivity contribution in [3.8, 4) is 0 Å². The van der Waals surface area contributed by atoms with Crippen LogP contribution in [0.1, 0.15) is 58.2 Å². The highest BCUT2D eigenvalue weighted by Crippen LogP contribution is 2.18. The molecule has 1 aliphatic heterocycles. The van der Waals surface area contributed by atoms with Crippen molar-refractivity contribution in [2.75, 3.05) is 13.2 Å². The molecule has 1 aliphatic carbocycles. The Kier molecular flexibility index (Phi) is 9.10. The molecule has 2 heterocycles. The quantitative estimate of drug-likeness (QED) is 0.360. The molecule has 0 aromatic carbocycles. The van der Waals surface area contributed by atoms with Crippen molar-refractivity contribution in [1.82, 2.24) is 25.4 Å². The fourth-order valence-electron chi connectivity index (χ4n) is 3.71. The number of aryl methyl sites for hydroxylation is 1. The summed E-state index contributed by atoms with van der Waals surface area (Å²) in [5, 5.41) is 15.3. The number of halogens is 1. The minimum absolute atomic E-state index is 0. The predicted octanol–water partition coefficient (Wildman–Crippen LogP) is 2.50. The van der Waals surface area contributed by atoms with Crippen LogP contribution in [0.15, 0.2) is 11.3 Å². The maximum absolute atomic E-state index is 5.81. The van der Waals surface area contributed by atoms with Crippen LogP contribution in [0.4, 0.5) is 0 Å². The lowest BCUT2D eigenvalue weighted by atomic mass is 10.1. The fraction of sp³-hybridized carbons (Fsp3) is 0.833. The third-order valence-corrected chi connectivity index (χ3v) is 5.21. The molecule has 2 fully saturated rings. The Hall–Kier alpha value is -0.900. The Labute approximate surface area is 173 Å². The summed E-state index contributed by atoms with van der Waals surface area (Å²) in [5.41, 5.74) is 0. The number of aliphatic imine (C=N–C) groups is 1. The van der Waals surface area contributed by atoms with Crippen LogP contribution in [0.5, 0.6) is 0 Å². The van der Waals surface area contributed by atoms with Crippen molar-refractivity contribution in [2.45, 2.75) is 83.5 Å². The van der Waals surface area contributed by atoms with Gasteiger partial charge in [0.25, 0.3) is 0 Å². The Bertz CT molecular complexity index is 552. The summed E-state index contributed by atoms with van der Waals surface area (Å²) in [7, 11) is 0. The van der Waals surface area contributed by atoms with Crippen molar-refractivity contribution in [3.05, 3.63) is 12.2 Å². The van der Waals surface area contributed by atoms with Crippen molar-refractivity contribution in [3.63, 3.8) is 0 Å². The first-order valence-electron chi connectivity index (χ1n) is 9.82. The second kappa shape index (κ2) is 11.1. The van der Waals surface area contributed by atoms with Crippen LogP contribution in [-0.4, -0.2) is 52.1 Å². The largest absolute Gasteiger partial charge is 0.376 e. The van der Waals surface area contributed by atoms with E-state index in [1.54, 1.807) is 6.33 Å². The fourth-order valence-corrected chi connectivity index (χ4v) is 3.71. The third-order valence-electron chi connectivity index (χ3n) is 5.21. The Balaban J connectivity index is 0.00000243. The van der Waals surface area contributed by atoms with Crippen molar-refractivity contribution >= 4 is 29.9 Å². The molecule has 2 atom stereocenters. The van der Waals surface area contributed by atoms with E-state index in [4.69, 9.17) is 9.73 Å². The molecule has 148 valence electrons. The van der Waals surface area contributed by atoms with Gasteiger partial charge in [-0.1, -0.05) is 19.8 Å². The van der Waals surface area contributed by atoms with E-state index in [0.29, 0.717) is 18.7 Å². The van der Waals surface area contributed by atoms with E-state index in [9.17, 15) is 0 Å². The molecule has 1 aromatic heterocycles. The molecule has 2 aliphatic rings. The third kappa shape index (κ3) is 6.07. The molecule has 26 heavy (non-hydrogen) atoms. The SMILES string of the molecule is CCc1nncn1CCN=C(NC1CCCC1)NC(C)C1CCCO1.I. The van der Waals surface area contributed by atoms with Gasteiger partial charge >= 0.3 is 0 Å². The summed E-state index contributed by atoms with van der Waals surface area (Å²) in [6, 6.07) is 0.820. The van der Waals surface area contributed by atoms with Crippen LogP contribution in [-0.2, 0) is 17.7 Å². The van der Waals surface area contributed by atoms with Gasteiger partial charge in [-0.2, -0.15) is 0 Å². The number of nitrogens with zero attached hydrogens (tertiary/aromatic N) is 4. The zero-order valence-electron chi connectivity index (χ0n) is 16.0. The second-order valence-electron chi connectivity index (χ2n) is 7.13. The number of rotatable bonds is 7. The van der Waals surface area contributed by atoms with Gasteiger partial charge in [-0.05, 0) is 32.6 Å². The summed E-state index contributed by atoms with van der Waals surface area (Å²) in [6.45, 7) is 6.69. The van der Waals surface area contributed by atoms with Crippen molar-refractivity contribution in [2.24, 2.45) is 4.99 Å². The topological polar surface area (TPSA) is 76.4 Å². The minimum atomic E-state index is 0. The summed E-state index contributed by atoms with van der Waals surface area (Å²) in [5.74, 6) is 1.93. The zero-order valence-corrected chi connectivity index (χ0v) is 18.3. The first-order valence-corrected chi connectivity index (χ1v) is 9.82. The smallest absolute Gasteiger partial charge is 0.191 e. The average molecular weight is 476 g/mol. The van der Waals surface area contributed by atoms with Gasteiger partial charge in [0.15, 0.2) is 5.96 Å². The van der Waals surface area contributed by atoms with Gasteiger partial charge in [0.05, 0.1) is 18.7 Å². The first kappa shape index (κ1) is 21.4. The van der Waals surface area contributed by atoms with Crippen LogP contribution < -0.4 is 10.6 Å². The van der Waals surface area contributed by atoms with Gasteiger partial charge in [-0.15, -0.1) is 34.2 Å². The Morgan fingerprint density at radius 3 is 2.85 bits per heavy atom. The van der Waals surface area contributed by atoms with Crippen LogP contribution in [0.3, 0.4) is 0 Å². The van der Waals surface area contributed by atoms with E-state index in [-0.39, 0.29) is 30.0 Å². The van der Waals surface area contributed by atoms with Crippen LogP contribution in [0.25, 0.3) is 0 Å². The summed E-state index contributed by atoms with van der Waals surface area (Å²) in [4.78, 5) is 4.81. The highest BCUT2D eigenvalue weighted by Gasteiger charge is 2.24. The zero-order chi connectivity index (χ0) is 17.5. The molecule has 0 bridgehead atoms. The van der Waals surface area contributed by atoms with Crippen molar-refractivity contribution in [1.29, 1.82) is 0 Å². The number of ether oxygens (including phenoxy) is 1. The molecule has 2 N–H and O–H groups in total. The average Bonchev–Trinajstić information content (AvgIpc) is 3.37. The van der Waals surface area contributed by atoms with Gasteiger partial charge < -0.3 is 19.9 Å². The highest BCUT2D eigenvalue weighted by molar-refractivity contribution is 14.0. The molecule has 1 aromatic rings. The molecule has 0 spiro atoms. The molecular weight excluding hydrogens is 443 g/mol. The summed E-state index contributed by atoms with van der Waals surface area (Å²) in [6.07, 6.45) is 10.4. The minimum Gasteiger partial charge on any atom is -0.376 e. The van der Waals surface area contributed by atoms with E-state index in [1.807, 2.05) is 0 Å². The molecular formula is C18H33IN6O. The lowest BCUT2D eigenvalue weighted by Crippen LogP contribution is -2.49. The number of nitrogens with one attached hydrogen (secondary N) is 2. The number of aromatic nitrogens is 3. The molecule has 1 saturated carbocycles. The molecule has 0 radical (unpaired) electrons. The monoisotopic (exact) mass is 476 g/mol. The molecule has 2 unspecified atom stereocenters. The lowest BCUT2D eigenvalue weighted by molar-refractivity contribution is 0.0889. The maximum Gasteiger partial charge on any atom is 0.191 e. The standard InChI is InChI=1S/C18H32N6O.HI/c1-3-17-23-20-13-24(17)11-10-19-18(22-15-7-4-5-8-15)21-14(2)16-9-6-12-25-16;/h13-16H,3-12H2,1-2H3,(H2,19,21,22);1H. The molecule has 7 nitrogen and oxygen atoms in total. The number of hydrogen-bond acceptors (Lipinski definition) is 4. The van der Waals surface area contributed by atoms with Gasteiger partial charge in [0.2, 0.25) is 0 Å². The normalized spacial score (nSPS) is 22.2. The van der Waals surface area contributed by atoms with Crippen LogP contribution in [0.2, 0.25) is 0 Å². The van der Waals surface area contributed by atoms with Gasteiger partial charge in [-0.25, -0.2) is 0 Å². The second-order valence-corrected chi connectivity index (χ2v) is 7.13. The number of guanidine groups is 1. The van der Waals surface area contributed by atoms with E-state index in [0.717, 1.165) is 44.2 Å². The van der Waals surface area contributed by atoms with E-state index in [1.165, 1.54) is 25.7 Å². The molecule has 8 heteroatoms. The van der Waals surface area contributed by atoms with Gasteiger partial charge in [0, 0.05) is 25.6 Å². The van der Waals surface area contributed by atoms with Crippen LogP contribution in [0, 0.1) is 0 Å². The Morgan fingerprint density at radius 1 is 1.35 bits per heavy atom. The van der Waals surface area contributed by atoms with Crippen LogP contribution >= 0.6 is 24.0 Å². The highest BCUT2D eigenvalue weighted by atomic mass is 127. The summed E-state index contributed by atoms with van der Waals surface area (Å²) >= 11 is 0. The van der Waals surface area contributed by atoms with E-state index < -0.39 is 0 Å². The van der Waals surface area contributed by atoms with E-state index >= 15 is 0 Å².